The van der Waals surface area contributed by atoms with Gasteiger partial charge in [0.15, 0.2) is 0 Å². The first-order valence-corrected chi connectivity index (χ1v) is 5.86. The first kappa shape index (κ1) is 11.3. The molecule has 88 valence electrons. The predicted octanol–water partition coefficient (Wildman–Crippen LogP) is 1.19. The zero-order chi connectivity index (χ0) is 11.6. The molecule has 1 saturated carbocycles. The Hall–Kier alpha value is -1.16. The molecule has 1 aliphatic carbocycles. The summed E-state index contributed by atoms with van der Waals surface area (Å²) in [4.78, 5) is 16.0. The van der Waals surface area contributed by atoms with Gasteiger partial charge in [0.25, 0.3) is 0 Å². The quantitative estimate of drug-likeness (QED) is 0.830. The molecule has 1 aromatic rings. The number of ketones is 1. The lowest BCUT2D eigenvalue weighted by Gasteiger charge is -2.22. The van der Waals surface area contributed by atoms with Gasteiger partial charge in [0.2, 0.25) is 0 Å². The fourth-order valence-corrected chi connectivity index (χ4v) is 2.45. The third kappa shape index (κ3) is 2.50. The molecular formula is C12H19N3O. The van der Waals surface area contributed by atoms with E-state index in [0.717, 1.165) is 31.5 Å². The maximum absolute atomic E-state index is 11.9. The molecule has 0 radical (unpaired) electrons. The first-order valence-electron chi connectivity index (χ1n) is 5.86. The van der Waals surface area contributed by atoms with Crippen LogP contribution in [0, 0.1) is 0 Å². The van der Waals surface area contributed by atoms with Crippen molar-refractivity contribution in [3.8, 4) is 0 Å². The average molecular weight is 221 g/mol. The van der Waals surface area contributed by atoms with E-state index in [0.29, 0.717) is 12.8 Å². The van der Waals surface area contributed by atoms with Crippen LogP contribution in [0.25, 0.3) is 0 Å². The van der Waals surface area contributed by atoms with E-state index >= 15 is 0 Å². The number of nitrogens with zero attached hydrogens (tertiary/aromatic N) is 2. The first-order chi connectivity index (χ1) is 7.59. The van der Waals surface area contributed by atoms with E-state index in [1.807, 2.05) is 17.8 Å². The summed E-state index contributed by atoms with van der Waals surface area (Å²) in [5.74, 6) is 1.03. The normalized spacial score (nSPS) is 18.9. The van der Waals surface area contributed by atoms with Gasteiger partial charge in [0, 0.05) is 31.4 Å². The minimum Gasteiger partial charge on any atom is -0.338 e. The van der Waals surface area contributed by atoms with Gasteiger partial charge in [-0.25, -0.2) is 4.98 Å². The Bertz CT molecular complexity index is 377. The molecule has 0 amide bonds. The molecule has 2 rings (SSSR count). The molecule has 0 aromatic carbocycles. The topological polar surface area (TPSA) is 60.9 Å². The molecule has 0 unspecified atom stereocenters. The van der Waals surface area contributed by atoms with E-state index in [4.69, 9.17) is 5.73 Å². The van der Waals surface area contributed by atoms with Crippen LogP contribution < -0.4 is 5.73 Å². The second kappa shape index (κ2) is 4.37. The molecule has 0 atom stereocenters. The standard InChI is InChI=1S/C12H19N3O/c1-15-7-6-14-11(15)8-10(16)9-12(13)4-2-3-5-12/h6-7H,2-5,8-9,13H2,1H3. The van der Waals surface area contributed by atoms with Gasteiger partial charge in [-0.05, 0) is 12.8 Å². The van der Waals surface area contributed by atoms with Crippen molar-refractivity contribution in [2.45, 2.75) is 44.1 Å². The molecule has 4 heteroatoms. The molecule has 1 aromatic heterocycles. The number of Topliss-reactive ketones (excluding diaryl/α,β-unsaturated/α-hetero) is 1. The van der Waals surface area contributed by atoms with Gasteiger partial charge in [-0.3, -0.25) is 4.79 Å². The lowest BCUT2D eigenvalue weighted by Crippen LogP contribution is -2.39. The van der Waals surface area contributed by atoms with Crippen LogP contribution in [0.15, 0.2) is 12.4 Å². The van der Waals surface area contributed by atoms with Crippen molar-refractivity contribution in [3.05, 3.63) is 18.2 Å². The number of aryl methyl sites for hydroxylation is 1. The van der Waals surface area contributed by atoms with Gasteiger partial charge in [-0.2, -0.15) is 0 Å². The highest BCUT2D eigenvalue weighted by molar-refractivity contribution is 5.81. The second-order valence-corrected chi connectivity index (χ2v) is 4.92. The Kier molecular flexibility index (Phi) is 3.10. The van der Waals surface area contributed by atoms with E-state index in [9.17, 15) is 4.79 Å². The number of nitrogens with two attached hydrogens (primary N) is 1. The fraction of sp³-hybridized carbons (Fsp3) is 0.667. The lowest BCUT2D eigenvalue weighted by atomic mass is 9.91. The lowest BCUT2D eigenvalue weighted by molar-refractivity contribution is -0.119. The van der Waals surface area contributed by atoms with Crippen molar-refractivity contribution < 1.29 is 4.79 Å². The van der Waals surface area contributed by atoms with Gasteiger partial charge < -0.3 is 10.3 Å². The fourth-order valence-electron chi connectivity index (χ4n) is 2.45. The second-order valence-electron chi connectivity index (χ2n) is 4.92. The van der Waals surface area contributed by atoms with E-state index in [1.54, 1.807) is 6.20 Å². The summed E-state index contributed by atoms with van der Waals surface area (Å²) in [5, 5.41) is 0. The summed E-state index contributed by atoms with van der Waals surface area (Å²) < 4.78 is 1.88. The van der Waals surface area contributed by atoms with Crippen molar-refractivity contribution in [1.82, 2.24) is 9.55 Å². The van der Waals surface area contributed by atoms with Gasteiger partial charge in [0.05, 0.1) is 6.42 Å². The van der Waals surface area contributed by atoms with Gasteiger partial charge in [-0.15, -0.1) is 0 Å². The van der Waals surface area contributed by atoms with Crippen molar-refractivity contribution in [1.29, 1.82) is 0 Å². The molecule has 1 aliphatic rings. The molecule has 4 nitrogen and oxygen atoms in total. The molecule has 2 N–H and O–H groups in total. The van der Waals surface area contributed by atoms with Crippen molar-refractivity contribution in [2.75, 3.05) is 0 Å². The summed E-state index contributed by atoms with van der Waals surface area (Å²) in [5.41, 5.74) is 5.95. The Morgan fingerprint density at radius 2 is 2.25 bits per heavy atom. The number of rotatable bonds is 4. The van der Waals surface area contributed by atoms with E-state index in [2.05, 4.69) is 4.98 Å². The van der Waals surface area contributed by atoms with E-state index in [1.165, 1.54) is 0 Å². The molecule has 1 fully saturated rings. The van der Waals surface area contributed by atoms with Crippen molar-refractivity contribution in [2.24, 2.45) is 12.8 Å². The highest BCUT2D eigenvalue weighted by atomic mass is 16.1. The van der Waals surface area contributed by atoms with Gasteiger partial charge in [-0.1, -0.05) is 12.8 Å². The van der Waals surface area contributed by atoms with Crippen LogP contribution in [-0.4, -0.2) is 20.9 Å². The van der Waals surface area contributed by atoms with Crippen LogP contribution in [0.1, 0.15) is 37.9 Å². The Labute approximate surface area is 95.9 Å². The van der Waals surface area contributed by atoms with Crippen LogP contribution in [0.5, 0.6) is 0 Å². The van der Waals surface area contributed by atoms with E-state index in [-0.39, 0.29) is 11.3 Å². The molecule has 16 heavy (non-hydrogen) atoms. The molecule has 0 bridgehead atoms. The summed E-state index contributed by atoms with van der Waals surface area (Å²) in [6.07, 6.45) is 8.77. The number of carbonyl (C=O) groups is 1. The Balaban J connectivity index is 1.92. The molecule has 0 aliphatic heterocycles. The van der Waals surface area contributed by atoms with Gasteiger partial charge in [0.1, 0.15) is 11.6 Å². The number of hydrogen-bond donors (Lipinski definition) is 1. The van der Waals surface area contributed by atoms with Crippen LogP contribution in [0.4, 0.5) is 0 Å². The minimum atomic E-state index is -0.234. The number of imidazole rings is 1. The summed E-state index contributed by atoms with van der Waals surface area (Å²) in [7, 11) is 1.91. The maximum atomic E-state index is 11.9. The summed E-state index contributed by atoms with van der Waals surface area (Å²) in [6.45, 7) is 0. The Morgan fingerprint density at radius 1 is 1.56 bits per heavy atom. The maximum Gasteiger partial charge on any atom is 0.142 e. The third-order valence-corrected chi connectivity index (χ3v) is 3.42. The van der Waals surface area contributed by atoms with Gasteiger partial charge >= 0.3 is 0 Å². The summed E-state index contributed by atoms with van der Waals surface area (Å²) in [6, 6.07) is 0. The van der Waals surface area contributed by atoms with Crippen LogP contribution >= 0.6 is 0 Å². The van der Waals surface area contributed by atoms with E-state index < -0.39 is 0 Å². The minimum absolute atomic E-state index is 0.207. The SMILES string of the molecule is Cn1ccnc1CC(=O)CC1(N)CCCC1. The monoisotopic (exact) mass is 221 g/mol. The number of hydrogen-bond acceptors (Lipinski definition) is 3. The molecule has 0 spiro atoms. The highest BCUT2D eigenvalue weighted by Crippen LogP contribution is 2.30. The molecule has 0 saturated heterocycles. The van der Waals surface area contributed by atoms with Crippen LogP contribution in [0.2, 0.25) is 0 Å². The number of aromatic nitrogens is 2. The highest BCUT2D eigenvalue weighted by Gasteiger charge is 2.31. The average Bonchev–Trinajstić information content (AvgIpc) is 2.77. The van der Waals surface area contributed by atoms with Crippen LogP contribution in [0.3, 0.4) is 0 Å². The molecule has 1 heterocycles. The third-order valence-electron chi connectivity index (χ3n) is 3.42. The number of carbonyl (C=O) groups excluding carboxylic acids is 1. The van der Waals surface area contributed by atoms with Crippen LogP contribution in [-0.2, 0) is 18.3 Å². The zero-order valence-electron chi connectivity index (χ0n) is 9.78. The van der Waals surface area contributed by atoms with Crippen molar-refractivity contribution in [3.63, 3.8) is 0 Å². The largest absolute Gasteiger partial charge is 0.338 e. The smallest absolute Gasteiger partial charge is 0.142 e. The zero-order valence-corrected chi connectivity index (χ0v) is 9.78. The predicted molar refractivity (Wildman–Crippen MR) is 61.9 cm³/mol. The molecular weight excluding hydrogens is 202 g/mol. The summed E-state index contributed by atoms with van der Waals surface area (Å²) >= 11 is 0. The Morgan fingerprint density at radius 3 is 2.81 bits per heavy atom. The van der Waals surface area contributed by atoms with Crippen molar-refractivity contribution >= 4 is 5.78 Å².